The Morgan fingerprint density at radius 3 is 3.11 bits per heavy atom. The summed E-state index contributed by atoms with van der Waals surface area (Å²) >= 11 is 0. The van der Waals surface area contributed by atoms with Crippen molar-refractivity contribution in [3.63, 3.8) is 0 Å². The van der Waals surface area contributed by atoms with Crippen molar-refractivity contribution < 1.29 is 4.74 Å². The molecule has 3 nitrogen and oxygen atoms in total. The van der Waals surface area contributed by atoms with Gasteiger partial charge >= 0.3 is 0 Å². The molecule has 2 heterocycles. The molecule has 19 heavy (non-hydrogen) atoms. The van der Waals surface area contributed by atoms with Crippen LogP contribution in [0.1, 0.15) is 16.7 Å². The van der Waals surface area contributed by atoms with Gasteiger partial charge in [-0.2, -0.15) is 0 Å². The highest BCUT2D eigenvalue weighted by Crippen LogP contribution is 2.25. The van der Waals surface area contributed by atoms with Crippen molar-refractivity contribution in [3.05, 3.63) is 59.4 Å². The quantitative estimate of drug-likeness (QED) is 0.832. The average molecular weight is 254 g/mol. The first-order chi connectivity index (χ1) is 9.42. The lowest BCUT2D eigenvalue weighted by atomic mass is 10.1. The second kappa shape index (κ2) is 5.85. The van der Waals surface area contributed by atoms with E-state index in [0.29, 0.717) is 0 Å². The predicted molar refractivity (Wildman–Crippen MR) is 75.3 cm³/mol. The minimum Gasteiger partial charge on any atom is -0.493 e. The summed E-state index contributed by atoms with van der Waals surface area (Å²) in [5.74, 6) is 1.06. The highest BCUT2D eigenvalue weighted by molar-refractivity contribution is 5.39. The molecule has 0 atom stereocenters. The van der Waals surface area contributed by atoms with Gasteiger partial charge in [0.25, 0.3) is 0 Å². The Bertz CT molecular complexity index is 540. The number of nitrogens with one attached hydrogen (secondary N) is 1. The molecule has 1 N–H and O–H groups in total. The maximum Gasteiger partial charge on any atom is 0.122 e. The van der Waals surface area contributed by atoms with E-state index in [1.54, 1.807) is 6.20 Å². The standard InChI is InChI=1S/C16H18N2O/c1-2-14(11-17-7-1)12-18-8-5-13-3-4-16-15(10-13)6-9-19-16/h1-4,7,10-11,18H,5-6,8-9,12H2. The van der Waals surface area contributed by atoms with Crippen LogP contribution < -0.4 is 10.1 Å². The third kappa shape index (κ3) is 3.12. The SMILES string of the molecule is c1cncc(CNCCc2ccc3c(c2)CCO3)c1. The average Bonchev–Trinajstić information content (AvgIpc) is 2.92. The van der Waals surface area contributed by atoms with E-state index in [-0.39, 0.29) is 0 Å². The first-order valence-electron chi connectivity index (χ1n) is 6.76. The molecule has 3 rings (SSSR count). The number of fused-ring (bicyclic) bond motifs is 1. The van der Waals surface area contributed by atoms with Crippen LogP contribution in [0.5, 0.6) is 5.75 Å². The van der Waals surface area contributed by atoms with Crippen LogP contribution in [-0.2, 0) is 19.4 Å². The summed E-state index contributed by atoms with van der Waals surface area (Å²) in [5, 5.41) is 3.45. The molecule has 0 aliphatic carbocycles. The summed E-state index contributed by atoms with van der Waals surface area (Å²) in [6.45, 7) is 2.69. The zero-order chi connectivity index (χ0) is 12.9. The number of rotatable bonds is 5. The Hall–Kier alpha value is -1.87. The van der Waals surface area contributed by atoms with Crippen LogP contribution in [0.3, 0.4) is 0 Å². The Morgan fingerprint density at radius 2 is 2.21 bits per heavy atom. The molecular formula is C16H18N2O. The van der Waals surface area contributed by atoms with Gasteiger partial charge in [0, 0.05) is 25.4 Å². The van der Waals surface area contributed by atoms with Gasteiger partial charge in [-0.05, 0) is 41.8 Å². The maximum atomic E-state index is 5.51. The largest absolute Gasteiger partial charge is 0.493 e. The van der Waals surface area contributed by atoms with Crippen LogP contribution in [0.15, 0.2) is 42.7 Å². The van der Waals surface area contributed by atoms with Crippen molar-refractivity contribution in [1.29, 1.82) is 0 Å². The van der Waals surface area contributed by atoms with Gasteiger partial charge in [0.05, 0.1) is 6.61 Å². The molecule has 98 valence electrons. The van der Waals surface area contributed by atoms with Crippen LogP contribution >= 0.6 is 0 Å². The fraction of sp³-hybridized carbons (Fsp3) is 0.312. The van der Waals surface area contributed by atoms with E-state index in [2.05, 4.69) is 34.6 Å². The van der Waals surface area contributed by atoms with Crippen molar-refractivity contribution in [3.8, 4) is 5.75 Å². The van der Waals surface area contributed by atoms with Crippen LogP contribution in [-0.4, -0.2) is 18.1 Å². The van der Waals surface area contributed by atoms with Gasteiger partial charge < -0.3 is 10.1 Å². The summed E-state index contributed by atoms with van der Waals surface area (Å²) in [5.41, 5.74) is 3.96. The monoisotopic (exact) mass is 254 g/mol. The van der Waals surface area contributed by atoms with Gasteiger partial charge in [0.2, 0.25) is 0 Å². The van der Waals surface area contributed by atoms with E-state index in [1.807, 2.05) is 12.3 Å². The highest BCUT2D eigenvalue weighted by atomic mass is 16.5. The Morgan fingerprint density at radius 1 is 1.21 bits per heavy atom. The fourth-order valence-corrected chi connectivity index (χ4v) is 2.36. The molecule has 2 aromatic rings. The van der Waals surface area contributed by atoms with Crippen molar-refractivity contribution >= 4 is 0 Å². The number of benzene rings is 1. The van der Waals surface area contributed by atoms with Gasteiger partial charge in [-0.15, -0.1) is 0 Å². The first kappa shape index (κ1) is 12.2. The molecule has 0 saturated heterocycles. The molecule has 0 amide bonds. The minimum atomic E-state index is 0.831. The minimum absolute atomic E-state index is 0.831. The smallest absolute Gasteiger partial charge is 0.122 e. The van der Waals surface area contributed by atoms with E-state index in [1.165, 1.54) is 16.7 Å². The first-order valence-corrected chi connectivity index (χ1v) is 6.76. The molecule has 0 bridgehead atoms. The lowest BCUT2D eigenvalue weighted by Crippen LogP contribution is -2.16. The fourth-order valence-electron chi connectivity index (χ4n) is 2.36. The van der Waals surface area contributed by atoms with Gasteiger partial charge in [-0.25, -0.2) is 0 Å². The van der Waals surface area contributed by atoms with E-state index in [0.717, 1.165) is 38.3 Å². The number of pyridine rings is 1. The molecule has 1 aromatic heterocycles. The lowest BCUT2D eigenvalue weighted by Gasteiger charge is -2.06. The number of ether oxygens (including phenoxy) is 1. The zero-order valence-electron chi connectivity index (χ0n) is 10.9. The summed E-state index contributed by atoms with van der Waals surface area (Å²) in [6.07, 6.45) is 5.80. The van der Waals surface area contributed by atoms with Crippen molar-refractivity contribution in [2.45, 2.75) is 19.4 Å². The van der Waals surface area contributed by atoms with Crippen molar-refractivity contribution in [2.24, 2.45) is 0 Å². The van der Waals surface area contributed by atoms with E-state index in [4.69, 9.17) is 4.74 Å². The molecule has 0 fully saturated rings. The molecule has 0 unspecified atom stereocenters. The molecule has 1 aliphatic rings. The predicted octanol–water partition coefficient (Wildman–Crippen LogP) is 2.35. The summed E-state index contributed by atoms with van der Waals surface area (Å²) in [7, 11) is 0. The Labute approximate surface area is 113 Å². The molecule has 3 heteroatoms. The topological polar surface area (TPSA) is 34.2 Å². The second-order valence-electron chi connectivity index (χ2n) is 4.83. The molecule has 1 aromatic carbocycles. The number of aromatic nitrogens is 1. The van der Waals surface area contributed by atoms with Gasteiger partial charge in [0.1, 0.15) is 5.75 Å². The summed E-state index contributed by atoms with van der Waals surface area (Å²) in [4.78, 5) is 4.11. The van der Waals surface area contributed by atoms with Crippen LogP contribution in [0, 0.1) is 0 Å². The van der Waals surface area contributed by atoms with Crippen LogP contribution in [0.4, 0.5) is 0 Å². The molecule has 0 spiro atoms. The van der Waals surface area contributed by atoms with Crippen LogP contribution in [0.2, 0.25) is 0 Å². The second-order valence-corrected chi connectivity index (χ2v) is 4.83. The number of hydrogen-bond acceptors (Lipinski definition) is 3. The third-order valence-corrected chi connectivity index (χ3v) is 3.40. The summed E-state index contributed by atoms with van der Waals surface area (Å²) < 4.78 is 5.51. The maximum absolute atomic E-state index is 5.51. The van der Waals surface area contributed by atoms with Gasteiger partial charge in [0.15, 0.2) is 0 Å². The van der Waals surface area contributed by atoms with E-state index >= 15 is 0 Å². The zero-order valence-corrected chi connectivity index (χ0v) is 10.9. The lowest BCUT2D eigenvalue weighted by molar-refractivity contribution is 0.357. The third-order valence-electron chi connectivity index (χ3n) is 3.40. The van der Waals surface area contributed by atoms with Crippen molar-refractivity contribution in [2.75, 3.05) is 13.2 Å². The Balaban J connectivity index is 1.48. The van der Waals surface area contributed by atoms with Crippen molar-refractivity contribution in [1.82, 2.24) is 10.3 Å². The number of hydrogen-bond donors (Lipinski definition) is 1. The summed E-state index contributed by atoms with van der Waals surface area (Å²) in [6, 6.07) is 10.6. The highest BCUT2D eigenvalue weighted by Gasteiger charge is 2.11. The molecule has 1 aliphatic heterocycles. The van der Waals surface area contributed by atoms with E-state index < -0.39 is 0 Å². The molecule has 0 saturated carbocycles. The molecular weight excluding hydrogens is 236 g/mol. The van der Waals surface area contributed by atoms with E-state index in [9.17, 15) is 0 Å². The van der Waals surface area contributed by atoms with Crippen LogP contribution in [0.25, 0.3) is 0 Å². The molecule has 0 radical (unpaired) electrons. The van der Waals surface area contributed by atoms with Gasteiger partial charge in [-0.1, -0.05) is 18.2 Å². The Kier molecular flexibility index (Phi) is 3.75. The van der Waals surface area contributed by atoms with Gasteiger partial charge in [-0.3, -0.25) is 4.98 Å². The number of nitrogens with zero attached hydrogens (tertiary/aromatic N) is 1. The normalized spacial score (nSPS) is 13.1.